The zero-order valence-corrected chi connectivity index (χ0v) is 23.4. The number of rotatable bonds is 14. The molecule has 0 aromatic heterocycles. The van der Waals surface area contributed by atoms with Crippen molar-refractivity contribution < 1.29 is 23.5 Å². The van der Waals surface area contributed by atoms with E-state index in [-0.39, 0.29) is 30.8 Å². The van der Waals surface area contributed by atoms with Gasteiger partial charge in [-0.3, -0.25) is 4.79 Å². The lowest BCUT2D eigenvalue weighted by atomic mass is 9.88. The summed E-state index contributed by atoms with van der Waals surface area (Å²) < 4.78 is 24.5. The van der Waals surface area contributed by atoms with Gasteiger partial charge < -0.3 is 14.4 Å². The molecule has 212 valence electrons. The summed E-state index contributed by atoms with van der Waals surface area (Å²) in [5.74, 6) is -0.924. The van der Waals surface area contributed by atoms with Crippen molar-refractivity contribution in [2.75, 3.05) is 26.3 Å². The molecule has 0 aliphatic heterocycles. The van der Waals surface area contributed by atoms with Crippen LogP contribution >= 0.6 is 0 Å². The van der Waals surface area contributed by atoms with Crippen LogP contribution in [0.15, 0.2) is 109 Å². The van der Waals surface area contributed by atoms with E-state index in [0.717, 1.165) is 12.0 Å². The Labute approximate surface area is 241 Å². The summed E-state index contributed by atoms with van der Waals surface area (Å²) in [5, 5.41) is 0. The summed E-state index contributed by atoms with van der Waals surface area (Å²) in [7, 11) is 0. The molecule has 6 heteroatoms. The minimum atomic E-state index is -0.545. The highest BCUT2D eigenvalue weighted by atomic mass is 19.1. The van der Waals surface area contributed by atoms with Gasteiger partial charge in [-0.25, -0.2) is 9.18 Å². The summed E-state index contributed by atoms with van der Waals surface area (Å²) in [4.78, 5) is 27.1. The molecule has 0 atom stereocenters. The van der Waals surface area contributed by atoms with E-state index in [1.165, 1.54) is 17.2 Å². The molecule has 0 unspecified atom stereocenters. The minimum Gasteiger partial charge on any atom is -0.479 e. The highest BCUT2D eigenvalue weighted by Gasteiger charge is 2.20. The number of esters is 1. The van der Waals surface area contributed by atoms with Gasteiger partial charge in [-0.05, 0) is 67.1 Å². The fraction of sp³-hybridized carbons (Fsp3) is 0.257. The number of benzene rings is 4. The van der Waals surface area contributed by atoms with Gasteiger partial charge in [0, 0.05) is 24.6 Å². The van der Waals surface area contributed by atoms with Gasteiger partial charge in [0.05, 0.1) is 6.61 Å². The molecule has 0 aliphatic rings. The smallest absolute Gasteiger partial charge is 0.344 e. The van der Waals surface area contributed by atoms with Crippen LogP contribution in [0, 0.1) is 5.82 Å². The first-order valence-corrected chi connectivity index (χ1v) is 14.1. The Morgan fingerprint density at radius 2 is 1.41 bits per heavy atom. The van der Waals surface area contributed by atoms with Crippen molar-refractivity contribution >= 4 is 11.9 Å². The van der Waals surface area contributed by atoms with Gasteiger partial charge in [0.15, 0.2) is 18.2 Å². The highest BCUT2D eigenvalue weighted by molar-refractivity contribution is 5.94. The van der Waals surface area contributed by atoms with Crippen LogP contribution in [0.3, 0.4) is 0 Å². The lowest BCUT2D eigenvalue weighted by Gasteiger charge is -2.26. The Kier molecular flexibility index (Phi) is 11.1. The summed E-state index contributed by atoms with van der Waals surface area (Å²) in [5.41, 5.74) is 3.95. The molecule has 1 amide bonds. The molecule has 0 saturated heterocycles. The summed E-state index contributed by atoms with van der Waals surface area (Å²) in [6.07, 6.45) is 2.08. The molecular formula is C35H36FNO4. The van der Waals surface area contributed by atoms with Crippen LogP contribution in [0.4, 0.5) is 4.39 Å². The second-order valence-electron chi connectivity index (χ2n) is 9.78. The molecule has 0 radical (unpaired) electrons. The molecule has 4 rings (SSSR count). The third-order valence-corrected chi connectivity index (χ3v) is 6.94. The Balaban J connectivity index is 1.46. The normalized spacial score (nSPS) is 10.8. The van der Waals surface area contributed by atoms with E-state index in [0.29, 0.717) is 31.5 Å². The fourth-order valence-corrected chi connectivity index (χ4v) is 4.89. The number of aryl methyl sites for hydroxylation is 1. The lowest BCUT2D eigenvalue weighted by Crippen LogP contribution is -2.34. The van der Waals surface area contributed by atoms with Crippen LogP contribution in [0.25, 0.3) is 0 Å². The number of hydrogen-bond donors (Lipinski definition) is 0. The van der Waals surface area contributed by atoms with Gasteiger partial charge in [-0.15, -0.1) is 0 Å². The van der Waals surface area contributed by atoms with Crippen molar-refractivity contribution in [1.82, 2.24) is 4.90 Å². The van der Waals surface area contributed by atoms with Crippen molar-refractivity contribution in [2.24, 2.45) is 0 Å². The quantitative estimate of drug-likeness (QED) is 0.157. The number of halogens is 1. The zero-order chi connectivity index (χ0) is 28.9. The Bertz CT molecular complexity index is 1340. The van der Waals surface area contributed by atoms with Crippen LogP contribution in [-0.2, 0) is 16.0 Å². The highest BCUT2D eigenvalue weighted by Crippen LogP contribution is 2.28. The molecule has 0 bridgehead atoms. The van der Waals surface area contributed by atoms with Gasteiger partial charge in [0.2, 0.25) is 0 Å². The topological polar surface area (TPSA) is 55.8 Å². The van der Waals surface area contributed by atoms with Crippen LogP contribution in [-0.4, -0.2) is 43.1 Å². The molecule has 0 saturated carbocycles. The average molecular weight is 554 g/mol. The monoisotopic (exact) mass is 553 g/mol. The predicted molar refractivity (Wildman–Crippen MR) is 159 cm³/mol. The van der Waals surface area contributed by atoms with E-state index in [1.54, 1.807) is 19.1 Å². The number of hydrogen-bond acceptors (Lipinski definition) is 4. The van der Waals surface area contributed by atoms with E-state index in [2.05, 4.69) is 24.3 Å². The third-order valence-electron chi connectivity index (χ3n) is 6.94. The number of carbonyl (C=O) groups is 2. The van der Waals surface area contributed by atoms with Crippen molar-refractivity contribution in [2.45, 2.75) is 32.1 Å². The van der Waals surface area contributed by atoms with E-state index >= 15 is 0 Å². The van der Waals surface area contributed by atoms with E-state index in [9.17, 15) is 14.0 Å². The molecular weight excluding hydrogens is 517 g/mol. The maximum Gasteiger partial charge on any atom is 0.344 e. The molecule has 0 heterocycles. The Morgan fingerprint density at radius 3 is 2.02 bits per heavy atom. The minimum absolute atomic E-state index is 0.0111. The molecule has 0 spiro atoms. The molecule has 0 fully saturated rings. The van der Waals surface area contributed by atoms with E-state index < -0.39 is 11.8 Å². The number of carbonyl (C=O) groups excluding carboxylic acids is 2. The van der Waals surface area contributed by atoms with Gasteiger partial charge >= 0.3 is 5.97 Å². The molecule has 4 aromatic rings. The van der Waals surface area contributed by atoms with Crippen LogP contribution in [0.1, 0.15) is 52.7 Å². The van der Waals surface area contributed by atoms with Crippen LogP contribution < -0.4 is 4.74 Å². The summed E-state index contributed by atoms with van der Waals surface area (Å²) >= 11 is 0. The number of amides is 1. The summed E-state index contributed by atoms with van der Waals surface area (Å²) in [6, 6.07) is 34.7. The molecule has 4 aromatic carbocycles. The summed E-state index contributed by atoms with van der Waals surface area (Å²) in [6.45, 7) is 2.71. The van der Waals surface area contributed by atoms with Crippen molar-refractivity contribution in [1.29, 1.82) is 0 Å². The van der Waals surface area contributed by atoms with Gasteiger partial charge in [-0.2, -0.15) is 0 Å². The largest absolute Gasteiger partial charge is 0.479 e. The van der Waals surface area contributed by atoms with Crippen molar-refractivity contribution in [3.63, 3.8) is 0 Å². The second-order valence-corrected chi connectivity index (χ2v) is 9.78. The van der Waals surface area contributed by atoms with E-state index in [1.807, 2.05) is 71.6 Å². The van der Waals surface area contributed by atoms with Crippen LogP contribution in [0.2, 0.25) is 0 Å². The first-order chi connectivity index (χ1) is 20.0. The number of nitrogens with zero attached hydrogens (tertiary/aromatic N) is 1. The number of ether oxygens (including phenoxy) is 2. The fourth-order valence-electron chi connectivity index (χ4n) is 4.89. The average Bonchev–Trinajstić information content (AvgIpc) is 3.01. The molecule has 41 heavy (non-hydrogen) atoms. The maximum absolute atomic E-state index is 14.3. The first kappa shape index (κ1) is 29.5. The maximum atomic E-state index is 14.3. The standard InChI is InChI=1S/C35H36FNO4/c1-2-40-34(38)26-41-33-25-27(20-21-32(33)36)13-12-23-37(35(39)30-18-10-5-11-19-30)24-22-31(28-14-6-3-7-15-28)29-16-8-4-9-17-29/h3-11,14-21,25,31H,2,12-13,22-24,26H2,1H3. The van der Waals surface area contributed by atoms with Gasteiger partial charge in [-0.1, -0.05) is 84.9 Å². The first-order valence-electron chi connectivity index (χ1n) is 14.1. The molecule has 5 nitrogen and oxygen atoms in total. The second kappa shape index (κ2) is 15.4. The van der Waals surface area contributed by atoms with Gasteiger partial charge in [0.1, 0.15) is 0 Å². The predicted octanol–water partition coefficient (Wildman–Crippen LogP) is 7.06. The Hall–Kier alpha value is -4.45. The van der Waals surface area contributed by atoms with E-state index in [4.69, 9.17) is 9.47 Å². The SMILES string of the molecule is CCOC(=O)COc1cc(CCCN(CCC(c2ccccc2)c2ccccc2)C(=O)c2ccccc2)ccc1F. The Morgan fingerprint density at radius 1 is 0.805 bits per heavy atom. The lowest BCUT2D eigenvalue weighted by molar-refractivity contribution is -0.145. The zero-order valence-electron chi connectivity index (χ0n) is 23.4. The molecule has 0 N–H and O–H groups in total. The van der Waals surface area contributed by atoms with Crippen molar-refractivity contribution in [3.05, 3.63) is 137 Å². The molecule has 0 aliphatic carbocycles. The van der Waals surface area contributed by atoms with Crippen molar-refractivity contribution in [3.8, 4) is 5.75 Å². The van der Waals surface area contributed by atoms with Gasteiger partial charge in [0.25, 0.3) is 5.91 Å². The third kappa shape index (κ3) is 8.77. The van der Waals surface area contributed by atoms with Crippen LogP contribution in [0.5, 0.6) is 5.75 Å².